The second-order valence-electron chi connectivity index (χ2n) is 7.35. The van der Waals surface area contributed by atoms with Gasteiger partial charge in [0.15, 0.2) is 11.5 Å². The quantitative estimate of drug-likeness (QED) is 0.672. The minimum absolute atomic E-state index is 0.0660. The van der Waals surface area contributed by atoms with Gasteiger partial charge >= 0.3 is 0 Å². The number of likely N-dealkylation sites (tertiary alicyclic amines) is 1. The van der Waals surface area contributed by atoms with Gasteiger partial charge in [0.25, 0.3) is 11.5 Å². The van der Waals surface area contributed by atoms with E-state index in [2.05, 4.69) is 4.98 Å². The van der Waals surface area contributed by atoms with E-state index in [0.717, 1.165) is 12.8 Å². The van der Waals surface area contributed by atoms with Gasteiger partial charge in [-0.25, -0.2) is 4.98 Å². The van der Waals surface area contributed by atoms with Crippen molar-refractivity contribution in [3.05, 3.63) is 64.7 Å². The number of piperidine rings is 1. The van der Waals surface area contributed by atoms with Crippen LogP contribution >= 0.6 is 0 Å². The number of rotatable bonds is 2. The first-order valence-electron chi connectivity index (χ1n) is 9.86. The molecule has 7 heteroatoms. The highest BCUT2D eigenvalue weighted by atomic mass is 16.6. The van der Waals surface area contributed by atoms with E-state index in [9.17, 15) is 9.59 Å². The lowest BCUT2D eigenvalue weighted by molar-refractivity contribution is 0.0667. The lowest BCUT2D eigenvalue weighted by atomic mass is 10.0. The summed E-state index contributed by atoms with van der Waals surface area (Å²) in [5, 5.41) is 0.598. The Kier molecular flexibility index (Phi) is 4.42. The molecule has 148 valence electrons. The summed E-state index contributed by atoms with van der Waals surface area (Å²) in [6, 6.07) is 12.6. The van der Waals surface area contributed by atoms with Crippen LogP contribution in [-0.2, 0) is 0 Å². The van der Waals surface area contributed by atoms with E-state index in [4.69, 9.17) is 9.47 Å². The number of nitrogens with zero attached hydrogens (tertiary/aromatic N) is 3. The van der Waals surface area contributed by atoms with Crippen LogP contribution in [0.25, 0.3) is 10.9 Å². The van der Waals surface area contributed by atoms with Crippen LogP contribution in [-0.4, -0.2) is 46.7 Å². The second-order valence-corrected chi connectivity index (χ2v) is 7.35. The van der Waals surface area contributed by atoms with Crippen LogP contribution in [0.2, 0.25) is 0 Å². The molecule has 1 aromatic heterocycles. The Labute approximate surface area is 167 Å². The average molecular weight is 391 g/mol. The zero-order valence-corrected chi connectivity index (χ0v) is 15.9. The average Bonchev–Trinajstić information content (AvgIpc) is 2.79. The van der Waals surface area contributed by atoms with Crippen molar-refractivity contribution in [3.8, 4) is 11.5 Å². The molecule has 1 atom stereocenters. The van der Waals surface area contributed by atoms with Gasteiger partial charge in [0.2, 0.25) is 0 Å². The fraction of sp³-hybridized carbons (Fsp3) is 0.318. The Hall–Kier alpha value is -3.35. The molecule has 0 saturated carbocycles. The number of hydrogen-bond donors (Lipinski definition) is 0. The predicted molar refractivity (Wildman–Crippen MR) is 108 cm³/mol. The van der Waals surface area contributed by atoms with Crippen molar-refractivity contribution >= 4 is 16.8 Å². The minimum Gasteiger partial charge on any atom is -0.486 e. The molecule has 0 radical (unpaired) electrons. The van der Waals surface area contributed by atoms with Gasteiger partial charge in [0.05, 0.1) is 28.8 Å². The van der Waals surface area contributed by atoms with Crippen molar-refractivity contribution in [2.24, 2.45) is 0 Å². The zero-order valence-electron chi connectivity index (χ0n) is 15.9. The molecule has 0 bridgehead atoms. The number of para-hydroxylation sites is 2. The van der Waals surface area contributed by atoms with E-state index in [1.54, 1.807) is 34.0 Å². The highest BCUT2D eigenvalue weighted by Gasteiger charge is 2.29. The smallest absolute Gasteiger partial charge is 0.261 e. The van der Waals surface area contributed by atoms with Crippen LogP contribution in [0.3, 0.4) is 0 Å². The Morgan fingerprint density at radius 1 is 1.07 bits per heavy atom. The van der Waals surface area contributed by atoms with E-state index in [1.807, 2.05) is 24.3 Å². The van der Waals surface area contributed by atoms with Crippen LogP contribution in [0.4, 0.5) is 0 Å². The molecule has 2 aliphatic rings. The van der Waals surface area contributed by atoms with Crippen LogP contribution < -0.4 is 15.0 Å². The van der Waals surface area contributed by atoms with Gasteiger partial charge in [-0.15, -0.1) is 0 Å². The lowest BCUT2D eigenvalue weighted by Gasteiger charge is -2.34. The molecule has 0 spiro atoms. The fourth-order valence-corrected chi connectivity index (χ4v) is 4.12. The number of amides is 1. The lowest BCUT2D eigenvalue weighted by Crippen LogP contribution is -2.43. The van der Waals surface area contributed by atoms with Crippen LogP contribution in [0.5, 0.6) is 11.5 Å². The van der Waals surface area contributed by atoms with Gasteiger partial charge < -0.3 is 14.4 Å². The molecule has 1 saturated heterocycles. The molecular weight excluding hydrogens is 370 g/mol. The molecule has 7 nitrogen and oxygen atoms in total. The number of ether oxygens (including phenoxy) is 2. The molecular formula is C22H21N3O4. The van der Waals surface area contributed by atoms with Gasteiger partial charge in [0.1, 0.15) is 13.2 Å². The van der Waals surface area contributed by atoms with Gasteiger partial charge in [-0.2, -0.15) is 0 Å². The maximum absolute atomic E-state index is 13.2. The summed E-state index contributed by atoms with van der Waals surface area (Å²) in [4.78, 5) is 32.4. The molecule has 3 aromatic rings. The summed E-state index contributed by atoms with van der Waals surface area (Å²) >= 11 is 0. The SMILES string of the molecule is O=C(c1cccc2c1OCCO2)N1CCCC(n2cnc3ccccc3c2=O)C1. The predicted octanol–water partition coefficient (Wildman–Crippen LogP) is 2.65. The molecule has 2 aliphatic heterocycles. The third-order valence-corrected chi connectivity index (χ3v) is 5.56. The van der Waals surface area contributed by atoms with Crippen molar-refractivity contribution in [1.82, 2.24) is 14.5 Å². The number of hydrogen-bond acceptors (Lipinski definition) is 5. The highest BCUT2D eigenvalue weighted by Crippen LogP contribution is 2.35. The molecule has 3 heterocycles. The largest absolute Gasteiger partial charge is 0.486 e. The molecule has 0 aliphatic carbocycles. The summed E-state index contributed by atoms with van der Waals surface area (Å²) in [5.41, 5.74) is 1.13. The Balaban J connectivity index is 1.44. The number of carbonyl (C=O) groups is 1. The number of fused-ring (bicyclic) bond motifs is 2. The number of aromatic nitrogens is 2. The number of carbonyl (C=O) groups excluding carboxylic acids is 1. The normalized spacial score (nSPS) is 18.6. The van der Waals surface area contributed by atoms with Crippen molar-refractivity contribution in [2.75, 3.05) is 26.3 Å². The second kappa shape index (κ2) is 7.24. The summed E-state index contributed by atoms with van der Waals surface area (Å²) in [7, 11) is 0. The Morgan fingerprint density at radius 2 is 1.93 bits per heavy atom. The molecule has 1 amide bonds. The van der Waals surface area contributed by atoms with E-state index in [-0.39, 0.29) is 17.5 Å². The summed E-state index contributed by atoms with van der Waals surface area (Å²) in [6.45, 7) is 2.02. The molecule has 29 heavy (non-hydrogen) atoms. The minimum atomic E-state index is -0.103. The first kappa shape index (κ1) is 17.7. The molecule has 1 fully saturated rings. The molecule has 1 unspecified atom stereocenters. The van der Waals surface area contributed by atoms with Crippen LogP contribution in [0.15, 0.2) is 53.6 Å². The molecule has 5 rings (SSSR count). The summed E-state index contributed by atoms with van der Waals surface area (Å²) in [6.07, 6.45) is 3.25. The van der Waals surface area contributed by atoms with Gasteiger partial charge in [-0.05, 0) is 37.1 Å². The standard InChI is InChI=1S/C22H21N3O4/c26-21(17-7-3-9-19-20(17)29-12-11-28-19)24-10-4-5-15(13-24)25-14-23-18-8-2-1-6-16(18)22(25)27/h1-3,6-9,14-15H,4-5,10-13H2. The molecule has 2 aromatic carbocycles. The van der Waals surface area contributed by atoms with Gasteiger partial charge in [-0.3, -0.25) is 14.2 Å². The van der Waals surface area contributed by atoms with Crippen molar-refractivity contribution < 1.29 is 14.3 Å². The number of benzene rings is 2. The van der Waals surface area contributed by atoms with Gasteiger partial charge in [0, 0.05) is 13.1 Å². The summed E-state index contributed by atoms with van der Waals surface area (Å²) in [5.74, 6) is 1.01. The third kappa shape index (κ3) is 3.12. The van der Waals surface area contributed by atoms with Crippen LogP contribution in [0.1, 0.15) is 29.2 Å². The van der Waals surface area contributed by atoms with Crippen molar-refractivity contribution in [3.63, 3.8) is 0 Å². The first-order chi connectivity index (χ1) is 14.2. The van der Waals surface area contributed by atoms with Gasteiger partial charge in [-0.1, -0.05) is 18.2 Å². The zero-order chi connectivity index (χ0) is 19.8. The van der Waals surface area contributed by atoms with Crippen LogP contribution in [0, 0.1) is 0 Å². The van der Waals surface area contributed by atoms with E-state index in [1.165, 1.54) is 0 Å². The van der Waals surface area contributed by atoms with E-state index in [0.29, 0.717) is 54.3 Å². The van der Waals surface area contributed by atoms with Crippen molar-refractivity contribution in [1.29, 1.82) is 0 Å². The van der Waals surface area contributed by atoms with E-state index < -0.39 is 0 Å². The van der Waals surface area contributed by atoms with Crippen molar-refractivity contribution in [2.45, 2.75) is 18.9 Å². The van der Waals surface area contributed by atoms with E-state index >= 15 is 0 Å². The highest BCUT2D eigenvalue weighted by molar-refractivity contribution is 5.98. The third-order valence-electron chi connectivity index (χ3n) is 5.56. The Bertz CT molecular complexity index is 1140. The maximum Gasteiger partial charge on any atom is 0.261 e. The summed E-state index contributed by atoms with van der Waals surface area (Å²) < 4.78 is 13.0. The maximum atomic E-state index is 13.2. The topological polar surface area (TPSA) is 73.7 Å². The monoisotopic (exact) mass is 391 g/mol. The Morgan fingerprint density at radius 3 is 2.86 bits per heavy atom. The molecule has 0 N–H and O–H groups in total. The first-order valence-corrected chi connectivity index (χ1v) is 9.86. The fourth-order valence-electron chi connectivity index (χ4n) is 4.12.